The number of hydrogen-bond acceptors (Lipinski definition) is 3. The van der Waals surface area contributed by atoms with E-state index >= 15 is 0 Å². The summed E-state index contributed by atoms with van der Waals surface area (Å²) in [7, 11) is 0. The molecule has 0 aliphatic carbocycles. The van der Waals surface area contributed by atoms with Gasteiger partial charge in [-0.25, -0.2) is 9.37 Å². The van der Waals surface area contributed by atoms with Crippen molar-refractivity contribution in [3.05, 3.63) is 90.3 Å². The number of imidazole rings is 1. The van der Waals surface area contributed by atoms with Crippen molar-refractivity contribution in [3.8, 4) is 11.4 Å². The topological polar surface area (TPSA) is 59.3 Å². The van der Waals surface area contributed by atoms with E-state index in [-0.39, 0.29) is 11.4 Å². The van der Waals surface area contributed by atoms with Crippen molar-refractivity contribution in [1.29, 1.82) is 0 Å². The highest BCUT2D eigenvalue weighted by Crippen LogP contribution is 2.32. The fourth-order valence-corrected chi connectivity index (χ4v) is 3.08. The van der Waals surface area contributed by atoms with Crippen molar-refractivity contribution in [2.75, 3.05) is 0 Å². The van der Waals surface area contributed by atoms with Crippen LogP contribution in [-0.4, -0.2) is 26.5 Å². The van der Waals surface area contributed by atoms with Gasteiger partial charge in [0.15, 0.2) is 11.7 Å². The number of nitrogens with one attached hydrogen (secondary N) is 1. The van der Waals surface area contributed by atoms with Gasteiger partial charge in [-0.3, -0.25) is 14.2 Å². The van der Waals surface area contributed by atoms with Crippen molar-refractivity contribution >= 4 is 11.4 Å². The van der Waals surface area contributed by atoms with Crippen molar-refractivity contribution < 1.29 is 22.4 Å². The average Bonchev–Trinajstić information content (AvgIpc) is 3.12. The Bertz CT molecular complexity index is 1190. The van der Waals surface area contributed by atoms with Gasteiger partial charge in [0.25, 0.3) is 5.91 Å². The zero-order valence-electron chi connectivity index (χ0n) is 15.3. The quantitative estimate of drug-likeness (QED) is 0.498. The second-order valence-electron chi connectivity index (χ2n) is 6.45. The summed E-state index contributed by atoms with van der Waals surface area (Å²) in [5.41, 5.74) is 0.311. The molecule has 4 rings (SSSR count). The number of carbonyl (C=O) groups is 1. The first-order valence-corrected chi connectivity index (χ1v) is 8.86. The molecule has 1 amide bonds. The fraction of sp³-hybridized carbons (Fsp3) is 0.0952. The lowest BCUT2D eigenvalue weighted by atomic mass is 10.1. The van der Waals surface area contributed by atoms with Gasteiger partial charge in [-0.15, -0.1) is 0 Å². The summed E-state index contributed by atoms with van der Waals surface area (Å²) in [4.78, 5) is 20.8. The van der Waals surface area contributed by atoms with Gasteiger partial charge in [-0.05, 0) is 48.5 Å². The van der Waals surface area contributed by atoms with E-state index in [1.807, 2.05) is 5.32 Å². The van der Waals surface area contributed by atoms with E-state index in [0.717, 1.165) is 0 Å². The molecular weight excluding hydrogens is 400 g/mol. The number of amides is 1. The molecule has 1 aromatic carbocycles. The Hall–Kier alpha value is -3.75. The normalized spacial score (nSPS) is 12.7. The lowest BCUT2D eigenvalue weighted by Gasteiger charge is -2.20. The molecule has 0 unspecified atom stereocenters. The Morgan fingerprint density at radius 2 is 1.73 bits per heavy atom. The van der Waals surface area contributed by atoms with Gasteiger partial charge in [0.05, 0.1) is 11.2 Å². The first-order chi connectivity index (χ1) is 14.3. The van der Waals surface area contributed by atoms with Crippen LogP contribution in [0.5, 0.6) is 0 Å². The van der Waals surface area contributed by atoms with Crippen molar-refractivity contribution in [3.63, 3.8) is 0 Å². The number of fused-ring (bicyclic) bond motifs is 1. The summed E-state index contributed by atoms with van der Waals surface area (Å²) in [6, 6.07) is 12.1. The number of rotatable bonds is 4. The molecule has 0 aliphatic heterocycles. The average molecular weight is 414 g/mol. The molecule has 1 N–H and O–H groups in total. The standard InChI is InChI=1S/C21H14F4N4O/c22-14-9-7-13(8-10-14)19-27-17(16-6-2-4-12-29(16)19)20(30)28-18(21(23,24)25)15-5-1-3-11-26-15/h1-12,18H,(H,28,30)/t18-/m0/s1. The maximum atomic E-state index is 13.6. The molecule has 0 saturated heterocycles. The van der Waals surface area contributed by atoms with Crippen LogP contribution in [0.4, 0.5) is 17.6 Å². The number of nitrogens with zero attached hydrogens (tertiary/aromatic N) is 3. The van der Waals surface area contributed by atoms with E-state index in [1.165, 1.54) is 48.7 Å². The highest BCUT2D eigenvalue weighted by atomic mass is 19.4. The largest absolute Gasteiger partial charge is 0.414 e. The number of carbonyl (C=O) groups excluding carboxylic acids is 1. The summed E-state index contributed by atoms with van der Waals surface area (Å²) < 4.78 is 55.6. The molecule has 0 radical (unpaired) electrons. The van der Waals surface area contributed by atoms with Crippen LogP contribution in [0.15, 0.2) is 73.1 Å². The third-order valence-corrected chi connectivity index (χ3v) is 4.45. The second kappa shape index (κ2) is 7.58. The van der Waals surface area contributed by atoms with Gasteiger partial charge < -0.3 is 5.32 Å². The minimum atomic E-state index is -4.75. The lowest BCUT2D eigenvalue weighted by Crippen LogP contribution is -2.38. The van der Waals surface area contributed by atoms with Crippen molar-refractivity contribution in [2.45, 2.75) is 12.2 Å². The summed E-state index contributed by atoms with van der Waals surface area (Å²) in [5, 5.41) is 1.99. The fourth-order valence-electron chi connectivity index (χ4n) is 3.08. The number of alkyl halides is 3. The van der Waals surface area contributed by atoms with Crippen molar-refractivity contribution in [2.24, 2.45) is 0 Å². The Kier molecular flexibility index (Phi) is 4.94. The zero-order chi connectivity index (χ0) is 21.3. The van der Waals surface area contributed by atoms with Crippen LogP contribution in [0.3, 0.4) is 0 Å². The smallest absolute Gasteiger partial charge is 0.334 e. The van der Waals surface area contributed by atoms with E-state index in [4.69, 9.17) is 0 Å². The van der Waals surface area contributed by atoms with Crippen LogP contribution in [0, 0.1) is 5.82 Å². The Morgan fingerprint density at radius 1 is 1.00 bits per heavy atom. The molecule has 0 fully saturated rings. The van der Waals surface area contributed by atoms with Gasteiger partial charge in [0, 0.05) is 18.0 Å². The van der Waals surface area contributed by atoms with Gasteiger partial charge in [0.2, 0.25) is 0 Å². The first-order valence-electron chi connectivity index (χ1n) is 8.86. The van der Waals surface area contributed by atoms with Gasteiger partial charge >= 0.3 is 6.18 Å². The number of pyridine rings is 2. The second-order valence-corrected chi connectivity index (χ2v) is 6.45. The maximum absolute atomic E-state index is 13.6. The van der Waals surface area contributed by atoms with Gasteiger partial charge in [-0.1, -0.05) is 12.1 Å². The first kappa shape index (κ1) is 19.6. The molecule has 9 heteroatoms. The molecule has 0 aliphatic rings. The van der Waals surface area contributed by atoms with E-state index in [0.29, 0.717) is 16.9 Å². The molecule has 3 heterocycles. The number of halogens is 4. The van der Waals surface area contributed by atoms with Crippen LogP contribution in [0.25, 0.3) is 16.9 Å². The van der Waals surface area contributed by atoms with Gasteiger partial charge in [0.1, 0.15) is 11.6 Å². The van der Waals surface area contributed by atoms with Crippen molar-refractivity contribution in [1.82, 2.24) is 19.7 Å². The summed E-state index contributed by atoms with van der Waals surface area (Å²) in [5.74, 6) is -1.14. The van der Waals surface area contributed by atoms with Crippen LogP contribution < -0.4 is 5.32 Å². The molecule has 0 spiro atoms. The van der Waals surface area contributed by atoms with Crippen LogP contribution in [-0.2, 0) is 0 Å². The molecule has 30 heavy (non-hydrogen) atoms. The minimum Gasteiger partial charge on any atom is -0.334 e. The molecule has 1 atom stereocenters. The number of benzene rings is 1. The summed E-state index contributed by atoms with van der Waals surface area (Å²) in [6.45, 7) is 0. The zero-order valence-corrected chi connectivity index (χ0v) is 15.3. The molecule has 3 aromatic heterocycles. The van der Waals surface area contributed by atoms with Crippen LogP contribution in [0.1, 0.15) is 22.2 Å². The third-order valence-electron chi connectivity index (χ3n) is 4.45. The van der Waals surface area contributed by atoms with E-state index in [1.54, 1.807) is 28.8 Å². The van der Waals surface area contributed by atoms with Crippen LogP contribution >= 0.6 is 0 Å². The summed E-state index contributed by atoms with van der Waals surface area (Å²) >= 11 is 0. The molecule has 0 saturated carbocycles. The monoisotopic (exact) mass is 414 g/mol. The predicted octanol–water partition coefficient (Wildman–Crippen LogP) is 4.57. The predicted molar refractivity (Wildman–Crippen MR) is 101 cm³/mol. The minimum absolute atomic E-state index is 0.180. The number of hydrogen-bond donors (Lipinski definition) is 1. The summed E-state index contributed by atoms with van der Waals surface area (Å²) in [6.07, 6.45) is -1.91. The SMILES string of the molecule is O=C(N[C@@H](c1ccccn1)C(F)(F)F)c1nc(-c2ccc(F)cc2)n2ccccc12. The van der Waals surface area contributed by atoms with E-state index in [2.05, 4.69) is 9.97 Å². The highest BCUT2D eigenvalue weighted by molar-refractivity contribution is 6.00. The highest BCUT2D eigenvalue weighted by Gasteiger charge is 2.43. The Balaban J connectivity index is 1.75. The third kappa shape index (κ3) is 3.73. The van der Waals surface area contributed by atoms with E-state index in [9.17, 15) is 22.4 Å². The molecule has 5 nitrogen and oxygen atoms in total. The lowest BCUT2D eigenvalue weighted by molar-refractivity contribution is -0.156. The molecular formula is C21H14F4N4O. The van der Waals surface area contributed by atoms with Gasteiger partial charge in [-0.2, -0.15) is 13.2 Å². The van der Waals surface area contributed by atoms with Crippen LogP contribution in [0.2, 0.25) is 0 Å². The molecule has 0 bridgehead atoms. The number of aromatic nitrogens is 3. The molecule has 152 valence electrons. The Labute approximate surface area is 168 Å². The Morgan fingerprint density at radius 3 is 2.40 bits per heavy atom. The maximum Gasteiger partial charge on any atom is 0.414 e. The molecule has 4 aromatic rings. The van der Waals surface area contributed by atoms with E-state index < -0.39 is 23.9 Å².